The van der Waals surface area contributed by atoms with Gasteiger partial charge in [0.1, 0.15) is 17.9 Å². The van der Waals surface area contributed by atoms with E-state index in [1.165, 1.54) is 12.1 Å². The van der Waals surface area contributed by atoms with E-state index in [0.29, 0.717) is 49.4 Å². The zero-order chi connectivity index (χ0) is 37.9. The van der Waals surface area contributed by atoms with Crippen molar-refractivity contribution < 1.29 is 80.7 Å². The SMILES string of the molecule is CC1(C)C(/C=C/C=C2\C(C)(C)c3ccccc3[N+]23CCCC3S(=O)(=O)[O-])=[N+](CCCCCC(=O)ON2C(=O)CCC2=O)c2ccc(P(=O)([O-])O)cc21.[Na+]. The number of fused-ring (bicyclic) bond motifs is 3. The Morgan fingerprint density at radius 1 is 1.06 bits per heavy atom. The predicted molar refractivity (Wildman–Crippen MR) is 190 cm³/mol. The number of para-hydroxylation sites is 1. The molecule has 4 heterocycles. The molecule has 3 unspecified atom stereocenters. The number of carbonyl (C=O) groups is 3. The fraction of sp³-hybridized carbons (Fsp3) is 0.459. The van der Waals surface area contributed by atoms with Gasteiger partial charge in [-0.2, -0.15) is 4.58 Å². The van der Waals surface area contributed by atoms with Crippen LogP contribution in [0.3, 0.4) is 0 Å². The first-order valence-electron chi connectivity index (χ1n) is 17.5. The number of imide groups is 1. The Morgan fingerprint density at radius 3 is 2.40 bits per heavy atom. The summed E-state index contributed by atoms with van der Waals surface area (Å²) in [5, 5.41) is -0.815. The number of carbonyl (C=O) groups excluding carboxylic acids is 3. The van der Waals surface area contributed by atoms with Crippen molar-refractivity contribution in [1.82, 2.24) is 9.55 Å². The minimum atomic E-state index is -4.79. The summed E-state index contributed by atoms with van der Waals surface area (Å²) in [6, 6.07) is 12.2. The number of amides is 2. The van der Waals surface area contributed by atoms with Crippen LogP contribution >= 0.6 is 7.60 Å². The van der Waals surface area contributed by atoms with E-state index in [4.69, 9.17) is 4.84 Å². The number of benzene rings is 2. The molecule has 6 rings (SSSR count). The third-order valence-electron chi connectivity index (χ3n) is 11.0. The van der Waals surface area contributed by atoms with Crippen molar-refractivity contribution in [3.63, 3.8) is 0 Å². The van der Waals surface area contributed by atoms with Gasteiger partial charge < -0.3 is 23.7 Å². The van der Waals surface area contributed by atoms with Crippen molar-refractivity contribution in [3.05, 3.63) is 77.5 Å². The quantitative estimate of drug-likeness (QED) is 0.0652. The van der Waals surface area contributed by atoms with Crippen molar-refractivity contribution in [3.8, 4) is 0 Å². The van der Waals surface area contributed by atoms with Crippen molar-refractivity contribution in [2.24, 2.45) is 0 Å². The molecule has 0 saturated carbocycles. The van der Waals surface area contributed by atoms with Gasteiger partial charge >= 0.3 is 35.5 Å². The molecule has 2 saturated heterocycles. The minimum Gasteiger partial charge on any atom is -0.775 e. The number of quaternary nitrogens is 1. The summed E-state index contributed by atoms with van der Waals surface area (Å²) < 4.78 is 52.4. The fourth-order valence-electron chi connectivity index (χ4n) is 8.59. The molecule has 2 fully saturated rings. The van der Waals surface area contributed by atoms with Crippen LogP contribution in [0.5, 0.6) is 0 Å². The molecule has 1 N–H and O–H groups in total. The van der Waals surface area contributed by atoms with Gasteiger partial charge in [-0.15, -0.1) is 5.06 Å². The molecule has 4 aliphatic heterocycles. The average Bonchev–Trinajstić information content (AvgIpc) is 3.75. The van der Waals surface area contributed by atoms with Crippen LogP contribution in [0.4, 0.5) is 11.4 Å². The van der Waals surface area contributed by atoms with Crippen LogP contribution in [0.1, 0.15) is 90.2 Å². The molecule has 0 bridgehead atoms. The van der Waals surface area contributed by atoms with Crippen LogP contribution < -0.4 is 44.2 Å². The van der Waals surface area contributed by atoms with Crippen LogP contribution in [-0.2, 0) is 44.7 Å². The number of allylic oxidation sites excluding steroid dienone is 4. The normalized spacial score (nSPS) is 24.9. The van der Waals surface area contributed by atoms with Crippen LogP contribution in [-0.4, -0.2) is 69.5 Å². The fourth-order valence-corrected chi connectivity index (χ4v) is 10.4. The van der Waals surface area contributed by atoms with Crippen molar-refractivity contribution in [1.29, 1.82) is 0 Å². The molecule has 16 heteroatoms. The Bertz CT molecular complexity index is 2090. The Hall–Kier alpha value is -2.78. The first-order valence-corrected chi connectivity index (χ1v) is 20.6. The van der Waals surface area contributed by atoms with Crippen LogP contribution in [0.25, 0.3) is 0 Å². The van der Waals surface area contributed by atoms with E-state index < -0.39 is 51.7 Å². The zero-order valence-corrected chi connectivity index (χ0v) is 34.5. The first-order chi connectivity index (χ1) is 24.3. The summed E-state index contributed by atoms with van der Waals surface area (Å²) in [4.78, 5) is 62.9. The second-order valence-electron chi connectivity index (χ2n) is 15.0. The Morgan fingerprint density at radius 2 is 1.74 bits per heavy atom. The third-order valence-corrected chi connectivity index (χ3v) is 13.2. The van der Waals surface area contributed by atoms with Gasteiger partial charge in [0, 0.05) is 67.1 Å². The number of rotatable bonds is 11. The summed E-state index contributed by atoms with van der Waals surface area (Å²) in [5.74, 6) is -1.74. The number of nitrogens with zero attached hydrogens (tertiary/aromatic N) is 3. The standard InChI is InChI=1S/C37H44N3O10PS.Na/c1-36(2)27-24-25(51(44,45)46)18-19-28(27)38(22-9-5-6-17-35(43)50-39-32(41)20-21-33(39)42)30(36)14-10-15-31-37(3,4)26-12-7-8-13-29(26)40(31)23-11-16-34(40)52(47,48)49;/h7-8,10,12-15,18-19,24,34H,5-6,9,11,16-17,20-23H2,1-4H3,(H-2,44,45,46,47,48,49);/q;+1/b14-10+,31-15+;. The summed E-state index contributed by atoms with van der Waals surface area (Å²) in [5.41, 5.74) is 3.56. The number of unbranched alkanes of at least 4 members (excludes halogenated alkanes) is 2. The molecule has 2 amide bonds. The summed E-state index contributed by atoms with van der Waals surface area (Å²) in [6.45, 7) is 8.95. The molecule has 0 aromatic heterocycles. The molecule has 2 aromatic rings. The van der Waals surface area contributed by atoms with Gasteiger partial charge in [0.2, 0.25) is 5.69 Å². The Kier molecular flexibility index (Phi) is 11.7. The molecule has 1 spiro atoms. The van der Waals surface area contributed by atoms with Gasteiger partial charge in [0.25, 0.3) is 11.8 Å². The number of hydrogen-bond acceptors (Lipinski definition) is 9. The van der Waals surface area contributed by atoms with Crippen LogP contribution in [0.15, 0.2) is 66.4 Å². The summed E-state index contributed by atoms with van der Waals surface area (Å²) >= 11 is 0. The number of hydrogen-bond donors (Lipinski definition) is 1. The Labute approximate surface area is 332 Å². The average molecular weight is 777 g/mol. The third kappa shape index (κ3) is 7.47. The second kappa shape index (κ2) is 15.0. The molecule has 53 heavy (non-hydrogen) atoms. The molecule has 2 aromatic carbocycles. The largest absolute Gasteiger partial charge is 1.00 e. The van der Waals surface area contributed by atoms with Crippen molar-refractivity contribution in [2.75, 3.05) is 13.1 Å². The van der Waals surface area contributed by atoms with E-state index in [-0.39, 0.29) is 65.0 Å². The van der Waals surface area contributed by atoms with Gasteiger partial charge in [-0.1, -0.05) is 24.3 Å². The van der Waals surface area contributed by atoms with Gasteiger partial charge in [-0.05, 0) is 64.8 Å². The van der Waals surface area contributed by atoms with Gasteiger partial charge in [-0.3, -0.25) is 9.59 Å². The summed E-state index contributed by atoms with van der Waals surface area (Å²) in [6.07, 6.45) is 8.27. The van der Waals surface area contributed by atoms with Gasteiger partial charge in [0.15, 0.2) is 28.8 Å². The van der Waals surface area contributed by atoms with E-state index in [0.717, 1.165) is 28.3 Å². The molecule has 4 aliphatic rings. The van der Waals surface area contributed by atoms with E-state index in [2.05, 4.69) is 4.58 Å². The van der Waals surface area contributed by atoms with E-state index in [9.17, 15) is 41.7 Å². The zero-order valence-electron chi connectivity index (χ0n) is 30.7. The Balaban J connectivity index is 0.00000541. The van der Waals surface area contributed by atoms with Crippen molar-refractivity contribution >= 4 is 57.9 Å². The van der Waals surface area contributed by atoms with Gasteiger partial charge in [0.05, 0.1) is 17.4 Å². The topological polar surface area (TPSA) is 184 Å². The molecule has 278 valence electrons. The smallest absolute Gasteiger partial charge is 0.775 e. The molecule has 13 nitrogen and oxygen atoms in total. The maximum atomic E-state index is 12.7. The van der Waals surface area contributed by atoms with Gasteiger partial charge in [-0.25, -0.2) is 17.7 Å². The molecule has 0 aliphatic carbocycles. The van der Waals surface area contributed by atoms with Crippen LogP contribution in [0.2, 0.25) is 0 Å². The predicted octanol–water partition coefficient (Wildman–Crippen LogP) is 0.809. The maximum absolute atomic E-state index is 12.7. The van der Waals surface area contributed by atoms with E-state index >= 15 is 0 Å². The first kappa shape index (κ1) is 41.4. The molecular weight excluding hydrogens is 732 g/mol. The van der Waals surface area contributed by atoms with E-state index in [1.807, 2.05) is 70.2 Å². The van der Waals surface area contributed by atoms with E-state index in [1.54, 1.807) is 6.07 Å². The van der Waals surface area contributed by atoms with Crippen LogP contribution in [0, 0.1) is 0 Å². The molecular formula is C37H44N3NaO10PS+. The number of hydroxylamine groups is 2. The summed E-state index contributed by atoms with van der Waals surface area (Å²) in [7, 11) is -9.45. The van der Waals surface area contributed by atoms with Crippen molar-refractivity contribution in [2.45, 2.75) is 95.3 Å². The molecule has 3 atom stereocenters. The maximum Gasteiger partial charge on any atom is 1.00 e. The monoisotopic (exact) mass is 776 g/mol. The molecule has 0 radical (unpaired) electrons. The second-order valence-corrected chi connectivity index (χ2v) is 18.1. The minimum absolute atomic E-state index is 0.